The third-order valence-electron chi connectivity index (χ3n) is 4.05. The second kappa shape index (κ2) is 7.21. The van der Waals surface area contributed by atoms with Crippen LogP contribution in [-0.2, 0) is 20.9 Å². The van der Waals surface area contributed by atoms with E-state index in [1.54, 1.807) is 20.8 Å². The Morgan fingerprint density at radius 1 is 1.25 bits per heavy atom. The van der Waals surface area contributed by atoms with Crippen LogP contribution < -0.4 is 0 Å². The molecule has 1 aromatic carbocycles. The molecule has 1 amide bonds. The van der Waals surface area contributed by atoms with Crippen molar-refractivity contribution in [3.05, 3.63) is 35.9 Å². The first kappa shape index (κ1) is 18.3. The van der Waals surface area contributed by atoms with Crippen LogP contribution in [0.15, 0.2) is 30.3 Å². The lowest BCUT2D eigenvalue weighted by molar-refractivity contribution is -0.162. The highest BCUT2D eigenvalue weighted by molar-refractivity contribution is 5.86. The van der Waals surface area contributed by atoms with Crippen LogP contribution in [0, 0.1) is 0 Å². The van der Waals surface area contributed by atoms with E-state index in [4.69, 9.17) is 9.47 Å². The van der Waals surface area contributed by atoms with Crippen molar-refractivity contribution in [2.45, 2.75) is 51.4 Å². The van der Waals surface area contributed by atoms with Gasteiger partial charge in [0.1, 0.15) is 11.1 Å². The number of amides is 1. The standard InChI is InChI=1S/C18H25NO5/c1-17(2,3)24-16(22)19-11-9-18(19,15(20)21)10-12-23-13-14-7-5-4-6-8-14/h4-8H,9-13H2,1-3H3,(H,20,21). The quantitative estimate of drug-likeness (QED) is 0.809. The van der Waals surface area contributed by atoms with Gasteiger partial charge in [0.25, 0.3) is 0 Å². The molecule has 0 aliphatic carbocycles. The maximum atomic E-state index is 12.2. The number of likely N-dealkylation sites (tertiary alicyclic amines) is 1. The number of hydrogen-bond donors (Lipinski definition) is 1. The molecule has 1 saturated heterocycles. The summed E-state index contributed by atoms with van der Waals surface area (Å²) in [7, 11) is 0. The molecule has 2 rings (SSSR count). The van der Waals surface area contributed by atoms with E-state index in [0.717, 1.165) is 5.56 Å². The van der Waals surface area contributed by atoms with Gasteiger partial charge in [-0.25, -0.2) is 9.59 Å². The van der Waals surface area contributed by atoms with Crippen molar-refractivity contribution < 1.29 is 24.2 Å². The van der Waals surface area contributed by atoms with Gasteiger partial charge in [-0.1, -0.05) is 30.3 Å². The second-order valence-electron chi connectivity index (χ2n) is 7.01. The van der Waals surface area contributed by atoms with Crippen LogP contribution in [-0.4, -0.2) is 46.4 Å². The molecular formula is C18H25NO5. The average molecular weight is 335 g/mol. The third kappa shape index (κ3) is 4.26. The number of carbonyl (C=O) groups is 2. The van der Waals surface area contributed by atoms with Crippen molar-refractivity contribution in [2.75, 3.05) is 13.2 Å². The van der Waals surface area contributed by atoms with Crippen LogP contribution in [0.1, 0.15) is 39.2 Å². The summed E-state index contributed by atoms with van der Waals surface area (Å²) in [5, 5.41) is 9.61. The fourth-order valence-electron chi connectivity index (χ4n) is 2.67. The SMILES string of the molecule is CC(C)(C)OC(=O)N1CCC1(CCOCc1ccccc1)C(=O)O. The molecule has 1 heterocycles. The van der Waals surface area contributed by atoms with Crippen LogP contribution in [0.25, 0.3) is 0 Å². The van der Waals surface area contributed by atoms with Gasteiger partial charge in [0.05, 0.1) is 6.61 Å². The van der Waals surface area contributed by atoms with Gasteiger partial charge >= 0.3 is 12.1 Å². The summed E-state index contributed by atoms with van der Waals surface area (Å²) < 4.78 is 10.9. The van der Waals surface area contributed by atoms with Crippen LogP contribution >= 0.6 is 0 Å². The Morgan fingerprint density at radius 2 is 1.92 bits per heavy atom. The van der Waals surface area contributed by atoms with Gasteiger partial charge in [-0.15, -0.1) is 0 Å². The van der Waals surface area contributed by atoms with Gasteiger partial charge in [0, 0.05) is 19.6 Å². The summed E-state index contributed by atoms with van der Waals surface area (Å²) in [6.45, 7) is 6.35. The number of carboxylic acids is 1. The molecule has 0 spiro atoms. The Hall–Kier alpha value is -2.08. The highest BCUT2D eigenvalue weighted by Gasteiger charge is 2.54. The molecule has 0 saturated carbocycles. The zero-order chi connectivity index (χ0) is 17.8. The number of carboxylic acid groups (broad SMARTS) is 1. The summed E-state index contributed by atoms with van der Waals surface area (Å²) in [6, 6.07) is 9.67. The first-order valence-corrected chi connectivity index (χ1v) is 8.10. The Bertz CT molecular complexity index is 581. The normalized spacial score (nSPS) is 20.4. The first-order chi connectivity index (χ1) is 11.2. The van der Waals surface area contributed by atoms with Crippen molar-refractivity contribution in [1.29, 1.82) is 0 Å². The number of carbonyl (C=O) groups excluding carboxylic acids is 1. The van der Waals surface area contributed by atoms with Gasteiger partial charge in [-0.3, -0.25) is 4.90 Å². The lowest BCUT2D eigenvalue weighted by Crippen LogP contribution is -2.67. The molecule has 6 heteroatoms. The van der Waals surface area contributed by atoms with Crippen LogP contribution in [0.4, 0.5) is 4.79 Å². The summed E-state index contributed by atoms with van der Waals surface area (Å²) in [4.78, 5) is 25.3. The number of hydrogen-bond acceptors (Lipinski definition) is 4. The summed E-state index contributed by atoms with van der Waals surface area (Å²) in [5.41, 5.74) is -0.848. The average Bonchev–Trinajstić information content (AvgIpc) is 2.44. The topological polar surface area (TPSA) is 76.1 Å². The van der Waals surface area contributed by atoms with Crippen molar-refractivity contribution in [3.63, 3.8) is 0 Å². The van der Waals surface area contributed by atoms with Gasteiger partial charge in [-0.2, -0.15) is 0 Å². The lowest BCUT2D eigenvalue weighted by atomic mass is 9.82. The molecular weight excluding hydrogens is 310 g/mol. The molecule has 1 unspecified atom stereocenters. The summed E-state index contributed by atoms with van der Waals surface area (Å²) in [6.07, 6.45) is 0.0734. The van der Waals surface area contributed by atoms with E-state index in [9.17, 15) is 14.7 Å². The monoisotopic (exact) mass is 335 g/mol. The number of rotatable bonds is 6. The van der Waals surface area contributed by atoms with Gasteiger partial charge in [0.15, 0.2) is 0 Å². The number of aliphatic carboxylic acids is 1. The van der Waals surface area contributed by atoms with Crippen molar-refractivity contribution in [3.8, 4) is 0 Å². The van der Waals surface area contributed by atoms with Crippen molar-refractivity contribution in [1.82, 2.24) is 4.90 Å². The van der Waals surface area contributed by atoms with E-state index in [1.165, 1.54) is 4.90 Å². The first-order valence-electron chi connectivity index (χ1n) is 8.10. The molecule has 1 N–H and O–H groups in total. The molecule has 6 nitrogen and oxygen atoms in total. The van der Waals surface area contributed by atoms with E-state index in [0.29, 0.717) is 19.6 Å². The second-order valence-corrected chi connectivity index (χ2v) is 7.01. The zero-order valence-corrected chi connectivity index (χ0v) is 14.4. The molecule has 1 aliphatic heterocycles. The fraction of sp³-hybridized carbons (Fsp3) is 0.556. The Balaban J connectivity index is 1.91. The Morgan fingerprint density at radius 3 is 2.42 bits per heavy atom. The molecule has 0 bridgehead atoms. The highest BCUT2D eigenvalue weighted by Crippen LogP contribution is 2.35. The van der Waals surface area contributed by atoms with E-state index >= 15 is 0 Å². The minimum absolute atomic E-state index is 0.244. The molecule has 132 valence electrons. The maximum absolute atomic E-state index is 12.2. The maximum Gasteiger partial charge on any atom is 0.411 e. The highest BCUT2D eigenvalue weighted by atomic mass is 16.6. The van der Waals surface area contributed by atoms with E-state index in [2.05, 4.69) is 0 Å². The predicted molar refractivity (Wildman–Crippen MR) is 88.6 cm³/mol. The number of ether oxygens (including phenoxy) is 2. The molecule has 1 atom stereocenters. The summed E-state index contributed by atoms with van der Waals surface area (Å²) >= 11 is 0. The van der Waals surface area contributed by atoms with E-state index < -0.39 is 23.2 Å². The lowest BCUT2D eigenvalue weighted by Gasteiger charge is -2.49. The van der Waals surface area contributed by atoms with Gasteiger partial charge < -0.3 is 14.6 Å². The number of benzene rings is 1. The Kier molecular flexibility index (Phi) is 5.49. The van der Waals surface area contributed by atoms with Gasteiger partial charge in [-0.05, 0) is 32.8 Å². The molecule has 1 aromatic rings. The largest absolute Gasteiger partial charge is 0.479 e. The minimum Gasteiger partial charge on any atom is -0.479 e. The van der Waals surface area contributed by atoms with Gasteiger partial charge in [0.2, 0.25) is 0 Å². The summed E-state index contributed by atoms with van der Waals surface area (Å²) in [5.74, 6) is -1.01. The van der Waals surface area contributed by atoms with Crippen molar-refractivity contribution >= 4 is 12.1 Å². The van der Waals surface area contributed by atoms with Crippen LogP contribution in [0.2, 0.25) is 0 Å². The molecule has 24 heavy (non-hydrogen) atoms. The zero-order valence-electron chi connectivity index (χ0n) is 14.4. The fourth-order valence-corrected chi connectivity index (χ4v) is 2.67. The smallest absolute Gasteiger partial charge is 0.411 e. The Labute approximate surface area is 142 Å². The van der Waals surface area contributed by atoms with Crippen molar-refractivity contribution in [2.24, 2.45) is 0 Å². The molecule has 0 aromatic heterocycles. The minimum atomic E-state index is -1.22. The van der Waals surface area contributed by atoms with Crippen LogP contribution in [0.3, 0.4) is 0 Å². The third-order valence-corrected chi connectivity index (χ3v) is 4.05. The molecule has 0 radical (unpaired) electrons. The molecule has 1 aliphatic rings. The van der Waals surface area contributed by atoms with Crippen LogP contribution in [0.5, 0.6) is 0 Å². The molecule has 1 fully saturated rings. The number of nitrogens with zero attached hydrogens (tertiary/aromatic N) is 1. The van der Waals surface area contributed by atoms with E-state index in [-0.39, 0.29) is 13.0 Å². The predicted octanol–water partition coefficient (Wildman–Crippen LogP) is 3.06. The van der Waals surface area contributed by atoms with E-state index in [1.807, 2.05) is 30.3 Å².